The first-order valence-electron chi connectivity index (χ1n) is 8.78. The van der Waals surface area contributed by atoms with Crippen molar-refractivity contribution in [3.8, 4) is 0 Å². The van der Waals surface area contributed by atoms with E-state index in [9.17, 15) is 0 Å². The fourth-order valence-electron chi connectivity index (χ4n) is 3.22. The van der Waals surface area contributed by atoms with Crippen LogP contribution in [0.1, 0.15) is 12.5 Å². The summed E-state index contributed by atoms with van der Waals surface area (Å²) in [5, 5.41) is 2.52. The van der Waals surface area contributed by atoms with Crippen molar-refractivity contribution in [2.24, 2.45) is 0 Å². The molecule has 0 aliphatic carbocycles. The molecule has 0 saturated heterocycles. The second-order valence-electron chi connectivity index (χ2n) is 6.22. The van der Waals surface area contributed by atoms with E-state index >= 15 is 0 Å². The van der Waals surface area contributed by atoms with Crippen LogP contribution in [0.2, 0.25) is 0 Å². The Morgan fingerprint density at radius 1 is 0.560 bits per heavy atom. The van der Waals surface area contributed by atoms with Gasteiger partial charge in [-0.1, -0.05) is 67.6 Å². The zero-order valence-electron chi connectivity index (χ0n) is 14.4. The lowest BCUT2D eigenvalue weighted by Crippen LogP contribution is -2.09. The topological polar surface area (TPSA) is 3.24 Å². The van der Waals surface area contributed by atoms with Gasteiger partial charge in [0.1, 0.15) is 0 Å². The Labute approximate surface area is 149 Å². The number of aryl methyl sites for hydroxylation is 1. The second-order valence-corrected chi connectivity index (χ2v) is 6.22. The van der Waals surface area contributed by atoms with Gasteiger partial charge < -0.3 is 4.90 Å². The van der Waals surface area contributed by atoms with Crippen molar-refractivity contribution in [2.45, 2.75) is 13.3 Å². The van der Waals surface area contributed by atoms with Crippen molar-refractivity contribution in [3.05, 3.63) is 103 Å². The predicted octanol–water partition coefficient (Wildman–Crippen LogP) is 6.87. The van der Waals surface area contributed by atoms with Gasteiger partial charge in [-0.2, -0.15) is 0 Å². The number of anilines is 3. The van der Waals surface area contributed by atoms with E-state index in [4.69, 9.17) is 0 Å². The quantitative estimate of drug-likeness (QED) is 0.396. The molecule has 0 fully saturated rings. The Morgan fingerprint density at radius 3 is 1.88 bits per heavy atom. The molecule has 0 bridgehead atoms. The molecular weight excluding hydrogens is 302 g/mol. The molecule has 0 heterocycles. The zero-order chi connectivity index (χ0) is 17.1. The first-order valence-corrected chi connectivity index (χ1v) is 8.78. The second kappa shape index (κ2) is 6.82. The van der Waals surface area contributed by atoms with Crippen LogP contribution < -0.4 is 4.90 Å². The monoisotopic (exact) mass is 323 g/mol. The number of hydrogen-bond acceptors (Lipinski definition) is 1. The highest BCUT2D eigenvalue weighted by Gasteiger charge is 2.12. The van der Waals surface area contributed by atoms with Crippen LogP contribution in [0.4, 0.5) is 17.1 Å². The maximum Gasteiger partial charge on any atom is 0.0468 e. The summed E-state index contributed by atoms with van der Waals surface area (Å²) >= 11 is 0. The third-order valence-electron chi connectivity index (χ3n) is 4.61. The Hall–Kier alpha value is -3.06. The van der Waals surface area contributed by atoms with Crippen LogP contribution >= 0.6 is 0 Å². The number of fused-ring (bicyclic) bond motifs is 1. The highest BCUT2D eigenvalue weighted by atomic mass is 15.1. The van der Waals surface area contributed by atoms with Crippen LogP contribution in [0.15, 0.2) is 97.1 Å². The zero-order valence-corrected chi connectivity index (χ0v) is 14.4. The lowest BCUT2D eigenvalue weighted by Gasteiger charge is -2.26. The van der Waals surface area contributed by atoms with Gasteiger partial charge in [0.05, 0.1) is 0 Å². The summed E-state index contributed by atoms with van der Waals surface area (Å²) in [5.41, 5.74) is 4.88. The first-order chi connectivity index (χ1) is 12.3. The summed E-state index contributed by atoms with van der Waals surface area (Å²) in [5.74, 6) is 0. The molecule has 4 rings (SSSR count). The summed E-state index contributed by atoms with van der Waals surface area (Å²) in [4.78, 5) is 2.31. The molecule has 25 heavy (non-hydrogen) atoms. The van der Waals surface area contributed by atoms with Crippen LogP contribution in [-0.2, 0) is 6.42 Å². The van der Waals surface area contributed by atoms with E-state index in [2.05, 4.69) is 109 Å². The van der Waals surface area contributed by atoms with E-state index in [1.54, 1.807) is 0 Å². The number of rotatable bonds is 4. The average molecular weight is 323 g/mol. The number of para-hydroxylation sites is 1. The number of hydrogen-bond donors (Lipinski definition) is 0. The molecule has 4 aromatic carbocycles. The van der Waals surface area contributed by atoms with E-state index < -0.39 is 0 Å². The van der Waals surface area contributed by atoms with E-state index in [0.29, 0.717) is 0 Å². The van der Waals surface area contributed by atoms with Gasteiger partial charge in [-0.15, -0.1) is 0 Å². The minimum atomic E-state index is 1.06. The fraction of sp³-hybridized carbons (Fsp3) is 0.0833. The third kappa shape index (κ3) is 3.14. The van der Waals surface area contributed by atoms with Gasteiger partial charge >= 0.3 is 0 Å². The molecule has 0 aliphatic rings. The summed E-state index contributed by atoms with van der Waals surface area (Å²) in [7, 11) is 0. The normalized spacial score (nSPS) is 10.8. The van der Waals surface area contributed by atoms with E-state index in [0.717, 1.165) is 6.42 Å². The van der Waals surface area contributed by atoms with Crippen molar-refractivity contribution in [3.63, 3.8) is 0 Å². The third-order valence-corrected chi connectivity index (χ3v) is 4.61. The summed E-state index contributed by atoms with van der Waals surface area (Å²) < 4.78 is 0. The molecule has 0 aliphatic heterocycles. The minimum absolute atomic E-state index is 1.06. The minimum Gasteiger partial charge on any atom is -0.310 e. The standard InChI is InChI=1S/C24H21N/c1-2-19-12-15-23(16-13-19)25(22-10-4-3-5-11-22)24-17-14-20-8-6-7-9-21(20)18-24/h3-18H,2H2,1H3. The van der Waals surface area contributed by atoms with Crippen molar-refractivity contribution in [1.29, 1.82) is 0 Å². The highest BCUT2D eigenvalue weighted by molar-refractivity contribution is 5.89. The van der Waals surface area contributed by atoms with Gasteiger partial charge in [0, 0.05) is 17.1 Å². The molecule has 0 aromatic heterocycles. The van der Waals surface area contributed by atoms with Crippen molar-refractivity contribution < 1.29 is 0 Å². The largest absolute Gasteiger partial charge is 0.310 e. The maximum atomic E-state index is 2.31. The lowest BCUT2D eigenvalue weighted by atomic mass is 10.1. The Morgan fingerprint density at radius 2 is 1.16 bits per heavy atom. The molecule has 0 N–H and O–H groups in total. The van der Waals surface area contributed by atoms with Gasteiger partial charge in [0.2, 0.25) is 0 Å². The van der Waals surface area contributed by atoms with Crippen LogP contribution in [0.3, 0.4) is 0 Å². The van der Waals surface area contributed by atoms with Gasteiger partial charge in [-0.3, -0.25) is 0 Å². The van der Waals surface area contributed by atoms with Crippen molar-refractivity contribution in [1.82, 2.24) is 0 Å². The number of nitrogens with zero attached hydrogens (tertiary/aromatic N) is 1. The summed E-state index contributed by atoms with van der Waals surface area (Å²) in [6, 6.07) is 34.5. The molecule has 1 nitrogen and oxygen atoms in total. The Bertz CT molecular complexity index is 972. The van der Waals surface area contributed by atoms with Crippen LogP contribution in [-0.4, -0.2) is 0 Å². The average Bonchev–Trinajstić information content (AvgIpc) is 2.69. The van der Waals surface area contributed by atoms with E-state index in [1.807, 2.05) is 0 Å². The van der Waals surface area contributed by atoms with Crippen molar-refractivity contribution in [2.75, 3.05) is 4.90 Å². The molecule has 0 saturated carbocycles. The fourth-order valence-corrected chi connectivity index (χ4v) is 3.22. The van der Waals surface area contributed by atoms with Crippen LogP contribution in [0.5, 0.6) is 0 Å². The molecular formula is C24H21N. The number of benzene rings is 4. The molecule has 0 unspecified atom stereocenters. The van der Waals surface area contributed by atoms with E-state index in [-0.39, 0.29) is 0 Å². The smallest absolute Gasteiger partial charge is 0.0468 e. The van der Waals surface area contributed by atoms with E-state index in [1.165, 1.54) is 33.4 Å². The molecule has 0 radical (unpaired) electrons. The van der Waals surface area contributed by atoms with Crippen molar-refractivity contribution >= 4 is 27.8 Å². The van der Waals surface area contributed by atoms with Crippen LogP contribution in [0, 0.1) is 0 Å². The van der Waals surface area contributed by atoms with Crippen LogP contribution in [0.25, 0.3) is 10.8 Å². The molecule has 0 atom stereocenters. The molecule has 4 aromatic rings. The molecule has 0 spiro atoms. The Kier molecular flexibility index (Phi) is 4.22. The molecule has 1 heteroatoms. The van der Waals surface area contributed by atoms with Gasteiger partial charge in [-0.25, -0.2) is 0 Å². The van der Waals surface area contributed by atoms with Gasteiger partial charge in [-0.05, 0) is 59.2 Å². The molecule has 122 valence electrons. The highest BCUT2D eigenvalue weighted by Crippen LogP contribution is 2.35. The maximum absolute atomic E-state index is 2.31. The SMILES string of the molecule is CCc1ccc(N(c2ccccc2)c2ccc3ccccc3c2)cc1. The summed E-state index contributed by atoms with van der Waals surface area (Å²) in [6.45, 7) is 2.19. The summed E-state index contributed by atoms with van der Waals surface area (Å²) in [6.07, 6.45) is 1.06. The predicted molar refractivity (Wildman–Crippen MR) is 108 cm³/mol. The van der Waals surface area contributed by atoms with Gasteiger partial charge in [0.25, 0.3) is 0 Å². The lowest BCUT2D eigenvalue weighted by molar-refractivity contribution is 1.14. The first kappa shape index (κ1) is 15.5. The Balaban J connectivity index is 1.86. The molecule has 0 amide bonds. The van der Waals surface area contributed by atoms with Gasteiger partial charge in [0.15, 0.2) is 0 Å².